The van der Waals surface area contributed by atoms with E-state index in [0.29, 0.717) is 12.0 Å². The van der Waals surface area contributed by atoms with Gasteiger partial charge in [0.05, 0.1) is 0 Å². The van der Waals surface area contributed by atoms with E-state index in [1.807, 2.05) is 18.2 Å². The number of aliphatic carboxylic acids is 1. The molecule has 1 saturated carbocycles. The summed E-state index contributed by atoms with van der Waals surface area (Å²) in [5, 5.41) is 12.0. The fraction of sp³-hybridized carbons (Fsp3) is 0.600. The number of nitrogens with zero attached hydrogens (tertiary/aromatic N) is 1. The van der Waals surface area contributed by atoms with E-state index in [-0.39, 0.29) is 18.4 Å². The molecule has 0 aromatic heterocycles. The third-order valence-electron chi connectivity index (χ3n) is 5.58. The van der Waals surface area contributed by atoms with Crippen molar-refractivity contribution >= 4 is 11.9 Å². The summed E-state index contributed by atoms with van der Waals surface area (Å²) in [6.45, 7) is 2.13. The highest BCUT2D eigenvalue weighted by atomic mass is 16.4. The summed E-state index contributed by atoms with van der Waals surface area (Å²) in [6, 6.07) is 8.31. The van der Waals surface area contributed by atoms with Crippen LogP contribution in [-0.2, 0) is 11.2 Å². The van der Waals surface area contributed by atoms with E-state index in [1.54, 1.807) is 6.07 Å². The first kappa shape index (κ1) is 17.9. The largest absolute Gasteiger partial charge is 0.481 e. The Morgan fingerprint density at radius 1 is 1.08 bits per heavy atom. The number of amides is 1. The number of hydrogen-bond acceptors (Lipinski definition) is 3. The maximum Gasteiger partial charge on any atom is 0.303 e. The maximum atomic E-state index is 12.6. The number of carbonyl (C=O) groups is 2. The number of benzene rings is 1. The molecule has 0 radical (unpaired) electrons. The third-order valence-corrected chi connectivity index (χ3v) is 5.58. The SMILES string of the molecule is O=C(O)CCc1ccccc1C(=O)NC1CCN(C2CCCC2)CC1. The van der Waals surface area contributed by atoms with Crippen LogP contribution < -0.4 is 5.32 Å². The lowest BCUT2D eigenvalue weighted by Gasteiger charge is -2.36. The van der Waals surface area contributed by atoms with Crippen molar-refractivity contribution in [3.63, 3.8) is 0 Å². The zero-order valence-corrected chi connectivity index (χ0v) is 14.7. The molecule has 1 aromatic carbocycles. The van der Waals surface area contributed by atoms with Gasteiger partial charge < -0.3 is 15.3 Å². The second-order valence-electron chi connectivity index (χ2n) is 7.27. The van der Waals surface area contributed by atoms with E-state index in [2.05, 4.69) is 10.2 Å². The van der Waals surface area contributed by atoms with Crippen LogP contribution in [0.25, 0.3) is 0 Å². The van der Waals surface area contributed by atoms with Crippen molar-refractivity contribution in [1.29, 1.82) is 0 Å². The predicted molar refractivity (Wildman–Crippen MR) is 96.7 cm³/mol. The molecule has 1 aliphatic carbocycles. The van der Waals surface area contributed by atoms with Crippen molar-refractivity contribution in [3.8, 4) is 0 Å². The molecule has 0 spiro atoms. The van der Waals surface area contributed by atoms with Crippen LogP contribution in [0.15, 0.2) is 24.3 Å². The van der Waals surface area contributed by atoms with Gasteiger partial charge in [0, 0.05) is 37.2 Å². The van der Waals surface area contributed by atoms with Gasteiger partial charge in [-0.05, 0) is 43.7 Å². The van der Waals surface area contributed by atoms with Gasteiger partial charge in [0.15, 0.2) is 0 Å². The molecular formula is C20H28N2O3. The molecule has 5 nitrogen and oxygen atoms in total. The van der Waals surface area contributed by atoms with Crippen LogP contribution in [0.3, 0.4) is 0 Å². The van der Waals surface area contributed by atoms with E-state index in [9.17, 15) is 9.59 Å². The highest BCUT2D eigenvalue weighted by molar-refractivity contribution is 5.96. The van der Waals surface area contributed by atoms with Crippen molar-refractivity contribution in [2.24, 2.45) is 0 Å². The number of hydrogen-bond donors (Lipinski definition) is 2. The summed E-state index contributed by atoms with van der Waals surface area (Å²) < 4.78 is 0. The van der Waals surface area contributed by atoms with Gasteiger partial charge in [-0.3, -0.25) is 9.59 Å². The number of carboxylic acids is 1. The molecule has 2 fully saturated rings. The van der Waals surface area contributed by atoms with Crippen LogP contribution in [0.2, 0.25) is 0 Å². The minimum absolute atomic E-state index is 0.0457. The molecule has 0 unspecified atom stereocenters. The minimum Gasteiger partial charge on any atom is -0.481 e. The van der Waals surface area contributed by atoms with Gasteiger partial charge in [-0.1, -0.05) is 31.0 Å². The molecule has 3 rings (SSSR count). The molecular weight excluding hydrogens is 316 g/mol. The Balaban J connectivity index is 1.53. The van der Waals surface area contributed by atoms with Gasteiger partial charge in [0.25, 0.3) is 5.91 Å². The van der Waals surface area contributed by atoms with Crippen LogP contribution in [0.1, 0.15) is 60.9 Å². The summed E-state index contributed by atoms with van der Waals surface area (Å²) in [4.78, 5) is 26.0. The van der Waals surface area contributed by atoms with E-state index < -0.39 is 5.97 Å². The number of nitrogens with one attached hydrogen (secondary N) is 1. The lowest BCUT2D eigenvalue weighted by atomic mass is 9.99. The normalized spacial score (nSPS) is 19.8. The Hall–Kier alpha value is -1.88. The second-order valence-corrected chi connectivity index (χ2v) is 7.27. The zero-order chi connectivity index (χ0) is 17.6. The van der Waals surface area contributed by atoms with Crippen molar-refractivity contribution in [2.75, 3.05) is 13.1 Å². The highest BCUT2D eigenvalue weighted by Gasteiger charge is 2.28. The first-order valence-corrected chi connectivity index (χ1v) is 9.48. The van der Waals surface area contributed by atoms with Crippen molar-refractivity contribution in [2.45, 2.75) is 63.5 Å². The minimum atomic E-state index is -0.838. The van der Waals surface area contributed by atoms with E-state index in [1.165, 1.54) is 25.7 Å². The monoisotopic (exact) mass is 344 g/mol. The number of likely N-dealkylation sites (tertiary alicyclic amines) is 1. The van der Waals surface area contributed by atoms with Crippen molar-refractivity contribution in [1.82, 2.24) is 10.2 Å². The Bertz CT molecular complexity index is 603. The van der Waals surface area contributed by atoms with Gasteiger partial charge in [-0.2, -0.15) is 0 Å². The van der Waals surface area contributed by atoms with Crippen LogP contribution in [0.4, 0.5) is 0 Å². The average Bonchev–Trinajstić information content (AvgIpc) is 3.15. The Kier molecular flexibility index (Phi) is 6.08. The molecule has 2 N–H and O–H groups in total. The molecule has 1 amide bonds. The van der Waals surface area contributed by atoms with Crippen molar-refractivity contribution < 1.29 is 14.7 Å². The lowest BCUT2D eigenvalue weighted by molar-refractivity contribution is -0.136. The van der Waals surface area contributed by atoms with E-state index >= 15 is 0 Å². The number of piperidine rings is 1. The number of rotatable bonds is 6. The highest BCUT2D eigenvalue weighted by Crippen LogP contribution is 2.26. The third kappa shape index (κ3) is 4.82. The molecule has 1 heterocycles. The molecule has 136 valence electrons. The van der Waals surface area contributed by atoms with Crippen molar-refractivity contribution in [3.05, 3.63) is 35.4 Å². The maximum absolute atomic E-state index is 12.6. The summed E-state index contributed by atoms with van der Waals surface area (Å²) >= 11 is 0. The summed E-state index contributed by atoms with van der Waals surface area (Å²) in [6.07, 6.45) is 7.80. The van der Waals surface area contributed by atoms with Gasteiger partial charge in [-0.15, -0.1) is 0 Å². The average molecular weight is 344 g/mol. The van der Waals surface area contributed by atoms with Crippen LogP contribution in [0.5, 0.6) is 0 Å². The molecule has 2 aliphatic rings. The zero-order valence-electron chi connectivity index (χ0n) is 14.7. The number of carboxylic acid groups (broad SMARTS) is 1. The van der Waals surface area contributed by atoms with E-state index in [0.717, 1.165) is 37.5 Å². The molecule has 1 aliphatic heterocycles. The van der Waals surface area contributed by atoms with E-state index in [4.69, 9.17) is 5.11 Å². The standard InChI is InChI=1S/C20H28N2O3/c23-19(24)10-9-15-5-1-4-8-18(15)20(25)21-16-11-13-22(14-12-16)17-6-2-3-7-17/h1,4-5,8,16-17H,2-3,6-7,9-14H2,(H,21,25)(H,23,24). The molecule has 0 atom stereocenters. The fourth-order valence-electron chi connectivity index (χ4n) is 4.14. The fourth-order valence-corrected chi connectivity index (χ4v) is 4.14. The van der Waals surface area contributed by atoms with Crippen LogP contribution >= 0.6 is 0 Å². The Morgan fingerprint density at radius 2 is 1.76 bits per heavy atom. The Morgan fingerprint density at radius 3 is 2.44 bits per heavy atom. The quantitative estimate of drug-likeness (QED) is 0.832. The first-order chi connectivity index (χ1) is 12.1. The van der Waals surface area contributed by atoms with Crippen LogP contribution in [0, 0.1) is 0 Å². The predicted octanol–water partition coefficient (Wildman–Crippen LogP) is 2.84. The summed E-state index contributed by atoms with van der Waals surface area (Å²) in [5.74, 6) is -0.908. The van der Waals surface area contributed by atoms with Crippen LogP contribution in [-0.4, -0.2) is 47.1 Å². The topological polar surface area (TPSA) is 69.6 Å². The second kappa shape index (κ2) is 8.48. The molecule has 5 heteroatoms. The Labute approximate surface area is 149 Å². The smallest absolute Gasteiger partial charge is 0.303 e. The molecule has 1 saturated heterocycles. The lowest BCUT2D eigenvalue weighted by Crippen LogP contribution is -2.47. The number of carbonyl (C=O) groups excluding carboxylic acids is 1. The van der Waals surface area contributed by atoms with Gasteiger partial charge in [-0.25, -0.2) is 0 Å². The molecule has 25 heavy (non-hydrogen) atoms. The summed E-state index contributed by atoms with van der Waals surface area (Å²) in [5.41, 5.74) is 1.42. The molecule has 0 bridgehead atoms. The molecule has 1 aromatic rings. The number of aryl methyl sites for hydroxylation is 1. The van der Waals surface area contributed by atoms with Gasteiger partial charge in [0.1, 0.15) is 0 Å². The first-order valence-electron chi connectivity index (χ1n) is 9.48. The van der Waals surface area contributed by atoms with Gasteiger partial charge >= 0.3 is 5.97 Å². The summed E-state index contributed by atoms with van der Waals surface area (Å²) in [7, 11) is 0. The van der Waals surface area contributed by atoms with Gasteiger partial charge in [0.2, 0.25) is 0 Å².